The number of carbonyl (C=O) groups excluding carboxylic acids is 7. The summed E-state index contributed by atoms with van der Waals surface area (Å²) in [6, 6.07) is 26.1. The monoisotopic (exact) mass is 1120 g/mol. The van der Waals surface area contributed by atoms with Gasteiger partial charge < -0.3 is 51.3 Å². The molecular formula is C64H84N10O8. The van der Waals surface area contributed by atoms with Crippen LogP contribution in [0.15, 0.2) is 109 Å². The number of rotatable bonds is 18. The quantitative estimate of drug-likeness (QED) is 0.0575. The van der Waals surface area contributed by atoms with Gasteiger partial charge in [0.2, 0.25) is 35.4 Å². The normalized spacial score (nSPS) is 19.8. The van der Waals surface area contributed by atoms with E-state index in [4.69, 9.17) is 4.74 Å². The fraction of sp³-hybridized carbons (Fsp3) is 0.484. The summed E-state index contributed by atoms with van der Waals surface area (Å²) in [6.45, 7) is 15.2. The Morgan fingerprint density at radius 1 is 0.695 bits per heavy atom. The van der Waals surface area contributed by atoms with Gasteiger partial charge in [-0.1, -0.05) is 126 Å². The van der Waals surface area contributed by atoms with Gasteiger partial charge in [-0.2, -0.15) is 0 Å². The van der Waals surface area contributed by atoms with Crippen LogP contribution >= 0.6 is 0 Å². The van der Waals surface area contributed by atoms with Crippen LogP contribution in [0.4, 0.5) is 4.79 Å². The van der Waals surface area contributed by atoms with Crippen LogP contribution in [0.3, 0.4) is 0 Å². The van der Waals surface area contributed by atoms with E-state index in [1.54, 1.807) is 51.0 Å². The lowest BCUT2D eigenvalue weighted by atomic mass is 9.84. The van der Waals surface area contributed by atoms with Crippen molar-refractivity contribution in [1.82, 2.24) is 51.2 Å². The van der Waals surface area contributed by atoms with Crippen molar-refractivity contribution in [3.05, 3.63) is 143 Å². The van der Waals surface area contributed by atoms with Crippen LogP contribution in [-0.2, 0) is 59.4 Å². The Kier molecular flexibility index (Phi) is 19.1. The molecule has 7 amide bonds. The van der Waals surface area contributed by atoms with Gasteiger partial charge in [0.1, 0.15) is 24.2 Å². The zero-order chi connectivity index (χ0) is 59.2. The van der Waals surface area contributed by atoms with Crippen LogP contribution in [0.1, 0.15) is 120 Å². The molecule has 4 aromatic carbocycles. The minimum atomic E-state index is -0.976. The number of carbonyl (C=O) groups is 7. The summed E-state index contributed by atoms with van der Waals surface area (Å²) in [5.74, 6) is -2.08. The molecule has 0 bridgehead atoms. The van der Waals surface area contributed by atoms with Crippen LogP contribution < -0.4 is 31.9 Å². The highest BCUT2D eigenvalue weighted by Crippen LogP contribution is 2.35. The van der Waals surface area contributed by atoms with Gasteiger partial charge in [-0.05, 0) is 116 Å². The standard InChI is InChI=1S/C64H84N10O8/c1-39(65-9)56(75)69-54(63(3,4)5)60(79)73-36-46-24-16-15-23-44(46)33-52(73)59(78)72(53(38-82-11)43-21-13-12-14-22-43)35-41-28-29-50-45(32-41)30-31-71(50)62(81)67-47-34-51(58(77)68-49-27-19-25-42-20-17-18-26-48(42)49)74(37-47)61(80)55(64(6,7)8)70-57(76)40(2)66-10/h12-18,20-24,26,28-32,39-40,47,49,51-55,65-66H,19,25,27,33-38H2,1-11H3,(H,67,81)(H,68,77)(H,69,75)(H,70,76). The van der Waals surface area contributed by atoms with Crippen molar-refractivity contribution in [3.8, 4) is 0 Å². The SMILES string of the molecule is CNC(C)C(=O)NC(C(=O)N1CC(NC(=O)n2ccc3cc(CN(C(=O)C4Cc5ccccc5CN4C(=O)C(NC(=O)C(C)NC)C(C)(C)C)C(COC)c4ccccc4)ccc32)CC1C(=O)NC1CCCc2ccccc21)C(C)(C)C. The maximum Gasteiger partial charge on any atom is 0.326 e. The lowest BCUT2D eigenvalue weighted by Crippen LogP contribution is -2.62. The Hall–Kier alpha value is -7.41. The maximum atomic E-state index is 15.8. The predicted octanol–water partition coefficient (Wildman–Crippen LogP) is 6.31. The number of ether oxygens (including phenoxy) is 1. The molecule has 6 N–H and O–H groups in total. The summed E-state index contributed by atoms with van der Waals surface area (Å²) in [5.41, 5.74) is 4.85. The highest BCUT2D eigenvalue weighted by atomic mass is 16.5. The van der Waals surface area contributed by atoms with E-state index in [2.05, 4.69) is 38.0 Å². The van der Waals surface area contributed by atoms with Gasteiger partial charge in [-0.25, -0.2) is 4.79 Å². The van der Waals surface area contributed by atoms with E-state index in [0.29, 0.717) is 5.52 Å². The Morgan fingerprint density at radius 3 is 1.91 bits per heavy atom. The fourth-order valence-electron chi connectivity index (χ4n) is 11.6. The molecule has 82 heavy (non-hydrogen) atoms. The van der Waals surface area contributed by atoms with Crippen molar-refractivity contribution in [2.75, 3.05) is 34.4 Å². The molecule has 0 spiro atoms. The molecule has 9 atom stereocenters. The molecule has 1 fully saturated rings. The van der Waals surface area contributed by atoms with Crippen molar-refractivity contribution in [2.45, 2.75) is 155 Å². The van der Waals surface area contributed by atoms with E-state index in [9.17, 15) is 24.0 Å². The molecule has 0 saturated carbocycles. The molecule has 18 nitrogen and oxygen atoms in total. The summed E-state index contributed by atoms with van der Waals surface area (Å²) < 4.78 is 7.36. The van der Waals surface area contributed by atoms with Gasteiger partial charge in [0.25, 0.3) is 0 Å². The minimum absolute atomic E-state index is 0.0296. The third-order valence-electron chi connectivity index (χ3n) is 16.7. The van der Waals surface area contributed by atoms with Crippen LogP contribution in [0.25, 0.3) is 10.9 Å². The first-order chi connectivity index (χ1) is 39.0. The molecule has 3 heterocycles. The van der Waals surface area contributed by atoms with Gasteiger partial charge >= 0.3 is 6.03 Å². The number of amides is 7. The number of nitrogens with one attached hydrogen (secondary N) is 6. The molecule has 9 unspecified atom stereocenters. The second-order valence-electron chi connectivity index (χ2n) is 24.6. The van der Waals surface area contributed by atoms with Gasteiger partial charge in [0.05, 0.1) is 42.3 Å². The Bertz CT molecular complexity index is 3130. The van der Waals surface area contributed by atoms with E-state index in [-0.39, 0.29) is 74.7 Å². The maximum absolute atomic E-state index is 15.8. The zero-order valence-corrected chi connectivity index (χ0v) is 49.5. The fourth-order valence-corrected chi connectivity index (χ4v) is 11.6. The number of fused-ring (bicyclic) bond motifs is 3. The van der Waals surface area contributed by atoms with Gasteiger partial charge in [0, 0.05) is 44.7 Å². The van der Waals surface area contributed by atoms with Crippen molar-refractivity contribution < 1.29 is 38.3 Å². The molecule has 1 aromatic heterocycles. The number of aryl methyl sites for hydroxylation is 1. The second kappa shape index (κ2) is 25.8. The second-order valence-corrected chi connectivity index (χ2v) is 24.6. The van der Waals surface area contributed by atoms with Crippen LogP contribution in [0, 0.1) is 10.8 Å². The highest BCUT2D eigenvalue weighted by Gasteiger charge is 2.47. The van der Waals surface area contributed by atoms with E-state index < -0.39 is 71.1 Å². The third kappa shape index (κ3) is 13.6. The molecular weight excluding hydrogens is 1040 g/mol. The number of hydrogen-bond acceptors (Lipinski definition) is 10. The summed E-state index contributed by atoms with van der Waals surface area (Å²) in [4.78, 5) is 106. The average molecular weight is 1120 g/mol. The number of hydrogen-bond donors (Lipinski definition) is 6. The Balaban J connectivity index is 1.08. The summed E-state index contributed by atoms with van der Waals surface area (Å²) in [7, 11) is 4.95. The average Bonchev–Trinajstić information content (AvgIpc) is 4.22. The predicted molar refractivity (Wildman–Crippen MR) is 316 cm³/mol. The number of likely N-dealkylation sites (N-methyl/N-ethyl adjacent to an activating group) is 2. The van der Waals surface area contributed by atoms with Crippen molar-refractivity contribution in [3.63, 3.8) is 0 Å². The number of aromatic nitrogens is 1. The Morgan fingerprint density at radius 2 is 1.29 bits per heavy atom. The molecule has 1 saturated heterocycles. The summed E-state index contributed by atoms with van der Waals surface area (Å²) in [5, 5.41) is 19.0. The molecule has 3 aliphatic rings. The molecule has 18 heteroatoms. The number of nitrogens with zero attached hydrogens (tertiary/aromatic N) is 4. The first kappa shape index (κ1) is 60.7. The number of likely N-dealkylation sites (tertiary alicyclic amines) is 1. The van der Waals surface area contributed by atoms with Gasteiger partial charge in [-0.3, -0.25) is 33.3 Å². The summed E-state index contributed by atoms with van der Waals surface area (Å²) >= 11 is 0. The Labute approximate surface area is 482 Å². The zero-order valence-electron chi connectivity index (χ0n) is 49.5. The van der Waals surface area contributed by atoms with E-state index >= 15 is 9.59 Å². The number of methoxy groups -OCH3 is 1. The highest BCUT2D eigenvalue weighted by molar-refractivity contribution is 5.96. The molecule has 0 radical (unpaired) electrons. The lowest BCUT2D eigenvalue weighted by Gasteiger charge is -2.44. The van der Waals surface area contributed by atoms with Gasteiger partial charge in [0.15, 0.2) is 0 Å². The summed E-state index contributed by atoms with van der Waals surface area (Å²) in [6.07, 6.45) is 4.62. The largest absolute Gasteiger partial charge is 0.382 e. The smallest absolute Gasteiger partial charge is 0.326 e. The lowest BCUT2D eigenvalue weighted by molar-refractivity contribution is -0.153. The van der Waals surface area contributed by atoms with Crippen molar-refractivity contribution in [1.29, 1.82) is 0 Å². The van der Waals surface area contributed by atoms with Crippen LogP contribution in [0.5, 0.6) is 0 Å². The molecule has 438 valence electrons. The number of benzene rings is 4. The van der Waals surface area contributed by atoms with Crippen molar-refractivity contribution >= 4 is 52.4 Å². The van der Waals surface area contributed by atoms with E-state index in [1.807, 2.05) is 139 Å². The molecule has 2 aliphatic heterocycles. The van der Waals surface area contributed by atoms with E-state index in [1.165, 1.54) is 15.0 Å². The van der Waals surface area contributed by atoms with Gasteiger partial charge in [-0.15, -0.1) is 0 Å². The molecule has 8 rings (SSSR count). The third-order valence-corrected chi connectivity index (χ3v) is 16.7. The van der Waals surface area contributed by atoms with Crippen LogP contribution in [-0.4, -0.2) is 137 Å². The first-order valence-corrected chi connectivity index (χ1v) is 28.8. The van der Waals surface area contributed by atoms with Crippen LogP contribution in [0.2, 0.25) is 0 Å². The molecule has 1 aliphatic carbocycles. The minimum Gasteiger partial charge on any atom is -0.382 e. The first-order valence-electron chi connectivity index (χ1n) is 28.8. The van der Waals surface area contributed by atoms with Crippen molar-refractivity contribution in [2.24, 2.45) is 10.8 Å². The van der Waals surface area contributed by atoms with E-state index in [0.717, 1.165) is 52.5 Å². The topological polar surface area (TPSA) is 216 Å². The molecule has 5 aromatic rings.